The van der Waals surface area contributed by atoms with Crippen LogP contribution in [0.3, 0.4) is 0 Å². The molecule has 4 nitrogen and oxygen atoms in total. The van der Waals surface area contributed by atoms with Gasteiger partial charge in [-0.15, -0.1) is 0 Å². The predicted molar refractivity (Wildman–Crippen MR) is 13.5 cm³/mol. The summed E-state index contributed by atoms with van der Waals surface area (Å²) in [6.45, 7) is 0. The molecule has 0 saturated carbocycles. The molecule has 0 aliphatic carbocycles. The Kier molecular flexibility index (Phi) is 981. The van der Waals surface area contributed by atoms with E-state index in [1.54, 1.807) is 0 Å². The summed E-state index contributed by atoms with van der Waals surface area (Å²) in [5.41, 5.74) is 0. The topological polar surface area (TPSA) is 120 Å². The van der Waals surface area contributed by atoms with Crippen molar-refractivity contribution in [2.75, 3.05) is 0 Å². The Hall–Kier alpha value is 2.75. The van der Waals surface area contributed by atoms with E-state index in [9.17, 15) is 0 Å². The summed E-state index contributed by atoms with van der Waals surface area (Å²) in [6.07, 6.45) is 0. The molecule has 0 aliphatic heterocycles. The van der Waals surface area contributed by atoms with E-state index in [2.05, 4.69) is 0 Å². The molecular weight excluding hydrogens is 315 g/mol. The standard InChI is InChI=1S/Ba.4H2O.Ti.Zn/h;4*1H2;;/q+2;;;;;;+2/p-4. The van der Waals surface area contributed by atoms with Gasteiger partial charge < -0.3 is 21.9 Å². The van der Waals surface area contributed by atoms with Crippen LogP contribution in [0.1, 0.15) is 0 Å². The molecule has 7 heavy (non-hydrogen) atoms. The molecule has 0 atom stereocenters. The van der Waals surface area contributed by atoms with Gasteiger partial charge in [0.15, 0.2) is 0 Å². The van der Waals surface area contributed by atoms with Gasteiger partial charge >= 0.3 is 68.4 Å². The zero-order chi connectivity index (χ0) is 0. The van der Waals surface area contributed by atoms with Crippen LogP contribution in [0.4, 0.5) is 0 Å². The average Bonchev–Trinajstić information content (AvgIpc) is 0. The quantitative estimate of drug-likeness (QED) is 0.527. The van der Waals surface area contributed by atoms with Crippen molar-refractivity contribution in [2.45, 2.75) is 0 Å². The van der Waals surface area contributed by atoms with Crippen molar-refractivity contribution in [1.82, 2.24) is 0 Å². The van der Waals surface area contributed by atoms with Gasteiger partial charge in [-0.25, -0.2) is 0 Å². The summed E-state index contributed by atoms with van der Waals surface area (Å²) in [5.74, 6) is 0. The van der Waals surface area contributed by atoms with Crippen LogP contribution in [-0.2, 0) is 41.2 Å². The number of hydrogen-bond acceptors (Lipinski definition) is 4. The van der Waals surface area contributed by atoms with Gasteiger partial charge in [-0.1, -0.05) is 0 Å². The van der Waals surface area contributed by atoms with E-state index in [-0.39, 0.29) is 112 Å². The van der Waals surface area contributed by atoms with E-state index in [0.717, 1.165) is 0 Å². The first kappa shape index (κ1) is 98.7. The van der Waals surface area contributed by atoms with Crippen molar-refractivity contribution in [3.8, 4) is 0 Å². The van der Waals surface area contributed by atoms with Crippen molar-refractivity contribution >= 4 is 48.9 Å². The Morgan fingerprint density at radius 2 is 0.571 bits per heavy atom. The van der Waals surface area contributed by atoms with E-state index in [1.165, 1.54) is 0 Å². The van der Waals surface area contributed by atoms with Gasteiger partial charge in [0.2, 0.25) is 0 Å². The molecule has 0 aromatic rings. The summed E-state index contributed by atoms with van der Waals surface area (Å²) < 4.78 is 0. The summed E-state index contributed by atoms with van der Waals surface area (Å²) in [7, 11) is 0. The molecule has 0 rings (SSSR count). The zero-order valence-electron chi connectivity index (χ0n) is 3.70. The van der Waals surface area contributed by atoms with Gasteiger partial charge in [0.05, 0.1) is 0 Å². The molecule has 0 aromatic carbocycles. The molecule has 0 amide bonds. The van der Waals surface area contributed by atoms with Crippen LogP contribution in [0.15, 0.2) is 0 Å². The molecule has 0 saturated heterocycles. The van der Waals surface area contributed by atoms with Gasteiger partial charge in [0, 0.05) is 21.7 Å². The van der Waals surface area contributed by atoms with Crippen molar-refractivity contribution in [1.29, 1.82) is 0 Å². The molecule has 0 bridgehead atoms. The van der Waals surface area contributed by atoms with Crippen LogP contribution in [0, 0.1) is 0 Å². The molecule has 0 radical (unpaired) electrons. The summed E-state index contributed by atoms with van der Waals surface area (Å²) in [4.78, 5) is 0. The number of rotatable bonds is 0. The van der Waals surface area contributed by atoms with Crippen molar-refractivity contribution in [3.63, 3.8) is 0 Å². The van der Waals surface area contributed by atoms with Gasteiger partial charge in [0.1, 0.15) is 0 Å². The van der Waals surface area contributed by atoms with E-state index in [4.69, 9.17) is 0 Å². The molecule has 7 heteroatoms. The van der Waals surface area contributed by atoms with Crippen LogP contribution >= 0.6 is 0 Å². The first-order chi connectivity index (χ1) is 0. The fraction of sp³-hybridized carbons (Fsp3) is 0. The maximum absolute atomic E-state index is 0. The van der Waals surface area contributed by atoms with Crippen LogP contribution in [-0.4, -0.2) is 70.8 Å². The minimum absolute atomic E-state index is 0. The Balaban J connectivity index is 0. The normalized spacial score (nSPS) is 0. The van der Waals surface area contributed by atoms with Crippen LogP contribution in [0.2, 0.25) is 0 Å². The summed E-state index contributed by atoms with van der Waals surface area (Å²) >= 11 is 0. The van der Waals surface area contributed by atoms with E-state index < -0.39 is 0 Å². The van der Waals surface area contributed by atoms with Gasteiger partial charge in [-0.05, 0) is 0 Å². The molecule has 0 heterocycles. The molecule has 0 aliphatic rings. The fourth-order valence-electron chi connectivity index (χ4n) is 0. The van der Waals surface area contributed by atoms with E-state index >= 15 is 0 Å². The fourth-order valence-corrected chi connectivity index (χ4v) is 0. The number of hydrogen-bond donors (Lipinski definition) is 0. The predicted octanol–water partition coefficient (Wildman–Crippen LogP) is -1.09. The third kappa shape index (κ3) is 52.7. The zero-order valence-corrected chi connectivity index (χ0v) is 12.7. The molecular formula is H4BaO4TiZn. The van der Waals surface area contributed by atoms with Crippen LogP contribution < -0.4 is 0 Å². The second kappa shape index (κ2) is 69.5. The molecule has 0 fully saturated rings. The maximum Gasteiger partial charge on any atom is 2.00 e. The van der Waals surface area contributed by atoms with Crippen molar-refractivity contribution in [2.24, 2.45) is 0 Å². The first-order valence-corrected chi connectivity index (χ1v) is 0. The Morgan fingerprint density at radius 3 is 0.571 bits per heavy atom. The molecule has 0 spiro atoms. The molecule has 0 aromatic heterocycles. The van der Waals surface area contributed by atoms with Crippen molar-refractivity contribution < 1.29 is 63.1 Å². The SMILES string of the molecule is [Ba+2].[OH-].[OH-].[OH-].[OH-].[Ti].[Zn+2]. The molecule has 36 valence electrons. The molecule has 0 unspecified atom stereocenters. The van der Waals surface area contributed by atoms with Gasteiger partial charge in [0.25, 0.3) is 0 Å². The monoisotopic (exact) mass is 318 g/mol. The summed E-state index contributed by atoms with van der Waals surface area (Å²) in [5, 5.41) is 0. The third-order valence-corrected chi connectivity index (χ3v) is 0. The minimum Gasteiger partial charge on any atom is -0.870 e. The Morgan fingerprint density at radius 1 is 0.571 bits per heavy atom. The van der Waals surface area contributed by atoms with Crippen LogP contribution in [0.5, 0.6) is 0 Å². The Bertz CT molecular complexity index is 11.7. The first-order valence-electron chi connectivity index (χ1n) is 0. The largest absolute Gasteiger partial charge is 2.00 e. The minimum atomic E-state index is 0. The smallest absolute Gasteiger partial charge is 0.870 e. The second-order valence-electron chi connectivity index (χ2n) is 0. The summed E-state index contributed by atoms with van der Waals surface area (Å²) in [6, 6.07) is 0. The van der Waals surface area contributed by atoms with Gasteiger partial charge in [-0.3, -0.25) is 0 Å². The van der Waals surface area contributed by atoms with E-state index in [1.807, 2.05) is 0 Å². The molecule has 4 N–H and O–H groups in total. The third-order valence-electron chi connectivity index (χ3n) is 0. The van der Waals surface area contributed by atoms with E-state index in [0.29, 0.717) is 0 Å². The van der Waals surface area contributed by atoms with Crippen LogP contribution in [0.25, 0.3) is 0 Å². The maximum atomic E-state index is 0. The average molecular weight is 319 g/mol. The Labute approximate surface area is 110 Å². The van der Waals surface area contributed by atoms with Crippen molar-refractivity contribution in [3.05, 3.63) is 0 Å². The second-order valence-corrected chi connectivity index (χ2v) is 0. The van der Waals surface area contributed by atoms with Gasteiger partial charge in [-0.2, -0.15) is 0 Å².